The first-order valence-corrected chi connectivity index (χ1v) is 6.53. The van der Waals surface area contributed by atoms with E-state index in [0.717, 1.165) is 0 Å². The minimum absolute atomic E-state index is 0.194. The van der Waals surface area contributed by atoms with Crippen molar-refractivity contribution in [3.8, 4) is 0 Å². The van der Waals surface area contributed by atoms with E-state index in [1.807, 2.05) is 0 Å². The Labute approximate surface area is 121 Å². The van der Waals surface area contributed by atoms with Crippen molar-refractivity contribution in [3.05, 3.63) is 35.4 Å². The smallest absolute Gasteiger partial charge is 0.343 e. The van der Waals surface area contributed by atoms with Crippen LogP contribution < -0.4 is 0 Å². The van der Waals surface area contributed by atoms with Gasteiger partial charge >= 0.3 is 5.97 Å². The number of rotatable bonds is 6. The van der Waals surface area contributed by atoms with E-state index in [-0.39, 0.29) is 24.3 Å². The van der Waals surface area contributed by atoms with Gasteiger partial charge in [-0.25, -0.2) is 4.79 Å². The molecule has 1 heterocycles. The third-order valence-electron chi connectivity index (χ3n) is 2.77. The number of carbonyl (C=O) groups excluding carboxylic acids is 3. The van der Waals surface area contributed by atoms with Crippen molar-refractivity contribution in [2.24, 2.45) is 0 Å². The number of benzene rings is 1. The van der Waals surface area contributed by atoms with Gasteiger partial charge in [0.25, 0.3) is 18.1 Å². The Hall–Kier alpha value is -2.25. The lowest BCUT2D eigenvalue weighted by Gasteiger charge is -2.18. The second-order valence-corrected chi connectivity index (χ2v) is 4.10. The summed E-state index contributed by atoms with van der Waals surface area (Å²) in [6, 6.07) is 6.23. The molecule has 1 aliphatic heterocycles. The molecule has 1 aliphatic rings. The highest BCUT2D eigenvalue weighted by Gasteiger charge is 2.40. The van der Waals surface area contributed by atoms with E-state index in [1.54, 1.807) is 26.0 Å². The molecule has 0 saturated heterocycles. The predicted molar refractivity (Wildman–Crippen MR) is 70.1 cm³/mol. The molecule has 7 nitrogen and oxygen atoms in total. The van der Waals surface area contributed by atoms with Crippen LogP contribution in [0.2, 0.25) is 0 Å². The lowest BCUT2D eigenvalue weighted by Crippen LogP contribution is -2.39. The third kappa shape index (κ3) is 2.93. The molecular formula is C14H15NO6. The lowest BCUT2D eigenvalue weighted by molar-refractivity contribution is -0.213. The van der Waals surface area contributed by atoms with Gasteiger partial charge in [-0.3, -0.25) is 9.59 Å². The quantitative estimate of drug-likeness (QED) is 0.578. The molecule has 0 spiro atoms. The summed E-state index contributed by atoms with van der Waals surface area (Å²) in [7, 11) is 0. The first-order valence-electron chi connectivity index (χ1n) is 6.53. The summed E-state index contributed by atoms with van der Waals surface area (Å²) < 4.78 is 10.1. The van der Waals surface area contributed by atoms with E-state index in [1.165, 1.54) is 12.1 Å². The molecule has 112 valence electrons. The van der Waals surface area contributed by atoms with Crippen molar-refractivity contribution in [1.29, 1.82) is 0 Å². The van der Waals surface area contributed by atoms with E-state index < -0.39 is 24.1 Å². The largest absolute Gasteiger partial charge is 0.388 e. The predicted octanol–water partition coefficient (Wildman–Crippen LogP) is 1.14. The Bertz CT molecular complexity index is 529. The van der Waals surface area contributed by atoms with Crippen molar-refractivity contribution >= 4 is 17.8 Å². The van der Waals surface area contributed by atoms with Crippen molar-refractivity contribution in [1.82, 2.24) is 5.06 Å². The normalized spacial score (nSPS) is 13.8. The number of carbonyl (C=O) groups is 3. The van der Waals surface area contributed by atoms with Crippen molar-refractivity contribution in [3.63, 3.8) is 0 Å². The first kappa shape index (κ1) is 15.1. The molecule has 2 rings (SSSR count). The van der Waals surface area contributed by atoms with Crippen LogP contribution >= 0.6 is 0 Å². The highest BCUT2D eigenvalue weighted by atomic mass is 16.8. The molecule has 21 heavy (non-hydrogen) atoms. The maximum Gasteiger partial charge on any atom is 0.388 e. The monoisotopic (exact) mass is 293 g/mol. The average molecular weight is 293 g/mol. The van der Waals surface area contributed by atoms with Gasteiger partial charge in [-0.2, -0.15) is 0 Å². The van der Waals surface area contributed by atoms with Crippen LogP contribution in [0.4, 0.5) is 0 Å². The molecule has 0 unspecified atom stereocenters. The number of nitrogens with zero attached hydrogens (tertiary/aromatic N) is 1. The second-order valence-electron chi connectivity index (χ2n) is 4.10. The molecule has 1 aromatic carbocycles. The van der Waals surface area contributed by atoms with Crippen LogP contribution in [0.3, 0.4) is 0 Å². The highest BCUT2D eigenvalue weighted by molar-refractivity contribution is 6.20. The Kier molecular flexibility index (Phi) is 4.66. The number of hydrogen-bond donors (Lipinski definition) is 0. The van der Waals surface area contributed by atoms with Gasteiger partial charge in [0.2, 0.25) is 0 Å². The van der Waals surface area contributed by atoms with Crippen LogP contribution in [0.25, 0.3) is 0 Å². The van der Waals surface area contributed by atoms with Crippen LogP contribution in [0.5, 0.6) is 0 Å². The molecule has 0 N–H and O–H groups in total. The van der Waals surface area contributed by atoms with Crippen LogP contribution in [0.1, 0.15) is 34.6 Å². The van der Waals surface area contributed by atoms with Gasteiger partial charge in [-0.05, 0) is 26.0 Å². The molecule has 1 aromatic rings. The van der Waals surface area contributed by atoms with E-state index in [4.69, 9.17) is 14.3 Å². The Morgan fingerprint density at radius 1 is 1.05 bits per heavy atom. The summed E-state index contributed by atoms with van der Waals surface area (Å²) >= 11 is 0. The van der Waals surface area contributed by atoms with Crippen molar-refractivity contribution in [2.45, 2.75) is 20.1 Å². The Morgan fingerprint density at radius 2 is 1.52 bits per heavy atom. The molecule has 2 amide bonds. The van der Waals surface area contributed by atoms with Gasteiger partial charge in [0.1, 0.15) is 0 Å². The topological polar surface area (TPSA) is 82.1 Å². The zero-order chi connectivity index (χ0) is 15.4. The van der Waals surface area contributed by atoms with E-state index in [2.05, 4.69) is 0 Å². The van der Waals surface area contributed by atoms with Crippen LogP contribution in [0.15, 0.2) is 24.3 Å². The molecule has 0 saturated carbocycles. The minimum Gasteiger partial charge on any atom is -0.343 e. The SMILES string of the molecule is CCOC(OCC)C(=O)ON1C(=O)c2ccccc2C1=O. The van der Waals surface area contributed by atoms with Crippen molar-refractivity contribution in [2.75, 3.05) is 13.2 Å². The standard InChI is InChI=1S/C14H15NO6/c1-3-19-14(20-4-2)13(18)21-15-11(16)9-7-5-6-8-10(9)12(15)17/h5-8,14H,3-4H2,1-2H3. The summed E-state index contributed by atoms with van der Waals surface area (Å²) in [5, 5.41) is 0.429. The number of fused-ring (bicyclic) bond motifs is 1. The van der Waals surface area contributed by atoms with E-state index in [9.17, 15) is 14.4 Å². The number of amides is 2. The van der Waals surface area contributed by atoms with Crippen LogP contribution in [-0.4, -0.2) is 42.4 Å². The summed E-state index contributed by atoms with van der Waals surface area (Å²) in [5.41, 5.74) is 0.388. The summed E-state index contributed by atoms with van der Waals surface area (Å²) in [6.45, 7) is 3.81. The van der Waals surface area contributed by atoms with Gasteiger partial charge in [-0.15, -0.1) is 0 Å². The molecule has 0 aromatic heterocycles. The summed E-state index contributed by atoms with van der Waals surface area (Å²) in [4.78, 5) is 40.8. The molecule has 0 radical (unpaired) electrons. The molecule has 0 fully saturated rings. The molecule has 7 heteroatoms. The average Bonchev–Trinajstić information content (AvgIpc) is 2.72. The van der Waals surface area contributed by atoms with Gasteiger partial charge in [0, 0.05) is 13.2 Å². The number of imide groups is 1. The number of ether oxygens (including phenoxy) is 2. The fourth-order valence-electron chi connectivity index (χ4n) is 1.87. The Morgan fingerprint density at radius 3 is 1.95 bits per heavy atom. The van der Waals surface area contributed by atoms with Gasteiger partial charge in [0.15, 0.2) is 0 Å². The van der Waals surface area contributed by atoms with Gasteiger partial charge < -0.3 is 14.3 Å². The fraction of sp³-hybridized carbons (Fsp3) is 0.357. The summed E-state index contributed by atoms with van der Waals surface area (Å²) in [5.74, 6) is -2.32. The van der Waals surface area contributed by atoms with Gasteiger partial charge in [0.05, 0.1) is 11.1 Å². The van der Waals surface area contributed by atoms with E-state index >= 15 is 0 Å². The second kappa shape index (κ2) is 6.47. The first-order chi connectivity index (χ1) is 10.1. The maximum atomic E-state index is 12.0. The fourth-order valence-corrected chi connectivity index (χ4v) is 1.87. The van der Waals surface area contributed by atoms with Crippen LogP contribution in [-0.2, 0) is 19.1 Å². The molecule has 0 atom stereocenters. The van der Waals surface area contributed by atoms with Crippen molar-refractivity contribution < 1.29 is 28.7 Å². The summed E-state index contributed by atoms with van der Waals surface area (Å²) in [6.07, 6.45) is -1.27. The lowest BCUT2D eigenvalue weighted by atomic mass is 10.1. The third-order valence-corrected chi connectivity index (χ3v) is 2.77. The zero-order valence-corrected chi connectivity index (χ0v) is 11.7. The molecule has 0 aliphatic carbocycles. The molecular weight excluding hydrogens is 278 g/mol. The molecule has 0 bridgehead atoms. The number of hydroxylamine groups is 2. The highest BCUT2D eigenvalue weighted by Crippen LogP contribution is 2.23. The Balaban J connectivity index is 2.12. The van der Waals surface area contributed by atoms with Crippen LogP contribution in [0, 0.1) is 0 Å². The number of hydrogen-bond acceptors (Lipinski definition) is 6. The zero-order valence-electron chi connectivity index (χ0n) is 11.7. The van der Waals surface area contributed by atoms with Gasteiger partial charge in [-0.1, -0.05) is 17.2 Å². The maximum absolute atomic E-state index is 12.0. The minimum atomic E-state index is -1.27. The van der Waals surface area contributed by atoms with E-state index in [0.29, 0.717) is 5.06 Å².